The van der Waals surface area contributed by atoms with Gasteiger partial charge in [-0.25, -0.2) is 4.79 Å². The molecule has 11 heteroatoms. The maximum Gasteiger partial charge on any atom is 0.405 e. The fraction of sp³-hybridized carbons (Fsp3) is 0.548. The SMILES string of the molecule is CC.COC1/C=C\C=C(/C)C(=O)NC2=CC(=O)C(NCCN(C)C)=C(CCCCC(O)C/C=C(\C)C1OC(N)=O)C2=O. The molecule has 0 saturated carbocycles. The van der Waals surface area contributed by atoms with Crippen LogP contribution in [-0.4, -0.2) is 86.2 Å². The Labute approximate surface area is 249 Å². The summed E-state index contributed by atoms with van der Waals surface area (Å²) in [6, 6.07) is 0. The Kier molecular flexibility index (Phi) is 16.3. The van der Waals surface area contributed by atoms with E-state index >= 15 is 0 Å². The quantitative estimate of drug-likeness (QED) is 0.270. The fourth-order valence-electron chi connectivity index (χ4n) is 4.31. The third-order valence-corrected chi connectivity index (χ3v) is 6.64. The summed E-state index contributed by atoms with van der Waals surface area (Å²) in [5.41, 5.74) is 6.68. The number of likely N-dealkylation sites (N-methyl/N-ethyl adjacent to an activating group) is 1. The van der Waals surface area contributed by atoms with Gasteiger partial charge < -0.3 is 35.8 Å². The Morgan fingerprint density at radius 2 is 1.88 bits per heavy atom. The standard InChI is InChI=1S/C29H42N4O7.C2H6/c1-18-13-14-20(34)10-6-7-11-21-25(31-15-16-33(3)4)23(35)17-22(26(21)36)32-28(37)19(2)9-8-12-24(39-5)27(18)40-29(30)38;1-2/h8-9,12-13,17,20,24,27,31,34H,6-7,10-11,14-16H2,1-5H3,(H2,30,38)(H,32,37);1-2H3/b12-8-,18-13+,19-9+;. The van der Waals surface area contributed by atoms with Gasteiger partial charge in [-0.05, 0) is 59.2 Å². The largest absolute Gasteiger partial charge is 0.439 e. The fourth-order valence-corrected chi connectivity index (χ4v) is 4.31. The van der Waals surface area contributed by atoms with Crippen molar-refractivity contribution >= 4 is 23.6 Å². The van der Waals surface area contributed by atoms with Crippen molar-refractivity contribution in [1.29, 1.82) is 0 Å². The molecule has 0 aromatic rings. The molecular weight excluding hydrogens is 540 g/mol. The second-order valence-corrected chi connectivity index (χ2v) is 10.2. The van der Waals surface area contributed by atoms with E-state index in [1.165, 1.54) is 13.2 Å². The molecule has 0 aromatic heterocycles. The number of carbonyl (C=O) groups is 4. The Morgan fingerprint density at radius 1 is 1.19 bits per heavy atom. The lowest BCUT2D eigenvalue weighted by molar-refractivity contribution is -0.120. The smallest absolute Gasteiger partial charge is 0.405 e. The van der Waals surface area contributed by atoms with Gasteiger partial charge in [-0.3, -0.25) is 14.4 Å². The average molecular weight is 589 g/mol. The molecule has 1 heterocycles. The lowest BCUT2D eigenvalue weighted by Crippen LogP contribution is -2.37. The Morgan fingerprint density at radius 3 is 2.50 bits per heavy atom. The molecule has 0 spiro atoms. The molecule has 42 heavy (non-hydrogen) atoms. The van der Waals surface area contributed by atoms with Crippen LogP contribution in [0, 0.1) is 0 Å². The van der Waals surface area contributed by atoms with Gasteiger partial charge in [0.15, 0.2) is 6.10 Å². The van der Waals surface area contributed by atoms with Gasteiger partial charge in [0.25, 0.3) is 5.91 Å². The van der Waals surface area contributed by atoms with E-state index in [2.05, 4.69) is 10.6 Å². The second kappa shape index (κ2) is 18.8. The summed E-state index contributed by atoms with van der Waals surface area (Å²) in [5, 5.41) is 16.2. The van der Waals surface area contributed by atoms with E-state index in [1.807, 2.05) is 32.8 Å². The molecule has 0 aromatic carbocycles. The molecule has 0 fully saturated rings. The van der Waals surface area contributed by atoms with Crippen LogP contribution in [0.3, 0.4) is 0 Å². The predicted octanol–water partition coefficient (Wildman–Crippen LogP) is 2.82. The summed E-state index contributed by atoms with van der Waals surface area (Å²) in [6.07, 6.45) is 6.64. The van der Waals surface area contributed by atoms with Crippen LogP contribution in [0.2, 0.25) is 0 Å². The first-order valence-corrected chi connectivity index (χ1v) is 14.4. The van der Waals surface area contributed by atoms with Gasteiger partial charge in [0.1, 0.15) is 6.10 Å². The number of ether oxygens (including phenoxy) is 2. The molecule has 1 aliphatic carbocycles. The zero-order valence-corrected chi connectivity index (χ0v) is 26.0. The van der Waals surface area contributed by atoms with Crippen molar-refractivity contribution in [2.75, 3.05) is 34.3 Å². The van der Waals surface area contributed by atoms with E-state index in [9.17, 15) is 24.3 Å². The third-order valence-electron chi connectivity index (χ3n) is 6.64. The number of hydrogen-bond donors (Lipinski definition) is 4. The number of aliphatic hydroxyl groups excluding tert-OH is 1. The van der Waals surface area contributed by atoms with Crippen LogP contribution in [0.15, 0.2) is 58.5 Å². The molecule has 0 saturated heterocycles. The summed E-state index contributed by atoms with van der Waals surface area (Å²) in [5.74, 6) is -1.33. The van der Waals surface area contributed by atoms with Crippen LogP contribution in [-0.2, 0) is 23.9 Å². The molecule has 3 unspecified atom stereocenters. The van der Waals surface area contributed by atoms with E-state index < -0.39 is 36.1 Å². The number of methoxy groups -OCH3 is 1. The van der Waals surface area contributed by atoms with Crippen LogP contribution >= 0.6 is 0 Å². The minimum absolute atomic E-state index is 0.0812. The van der Waals surface area contributed by atoms with E-state index in [1.54, 1.807) is 32.1 Å². The van der Waals surface area contributed by atoms with Gasteiger partial charge in [0.2, 0.25) is 11.6 Å². The summed E-state index contributed by atoms with van der Waals surface area (Å²) >= 11 is 0. The molecule has 2 rings (SSSR count). The number of nitrogens with two attached hydrogens (primary N) is 1. The molecule has 2 amide bonds. The molecule has 11 nitrogen and oxygen atoms in total. The molecule has 3 atom stereocenters. The highest BCUT2D eigenvalue weighted by Crippen LogP contribution is 2.23. The predicted molar refractivity (Wildman–Crippen MR) is 162 cm³/mol. The maximum absolute atomic E-state index is 13.4. The first kappa shape index (κ1) is 36.5. The number of aliphatic hydroxyl groups is 1. The van der Waals surface area contributed by atoms with Crippen LogP contribution < -0.4 is 16.4 Å². The molecule has 5 N–H and O–H groups in total. The summed E-state index contributed by atoms with van der Waals surface area (Å²) in [7, 11) is 5.26. The minimum Gasteiger partial charge on any atom is -0.439 e. The molecule has 2 aliphatic rings. The monoisotopic (exact) mass is 588 g/mol. The van der Waals surface area contributed by atoms with Crippen molar-refractivity contribution in [2.24, 2.45) is 5.73 Å². The number of hydrogen-bond acceptors (Lipinski definition) is 9. The second-order valence-electron chi connectivity index (χ2n) is 10.2. The van der Waals surface area contributed by atoms with E-state index in [4.69, 9.17) is 15.2 Å². The number of nitrogens with zero attached hydrogens (tertiary/aromatic N) is 1. The maximum atomic E-state index is 13.4. The molecule has 1 aliphatic heterocycles. The number of fused-ring (bicyclic) bond motifs is 2. The van der Waals surface area contributed by atoms with Gasteiger partial charge in [-0.15, -0.1) is 0 Å². The third kappa shape index (κ3) is 11.8. The Hall–Kier alpha value is -3.54. The Bertz CT molecular complexity index is 1120. The zero-order valence-electron chi connectivity index (χ0n) is 26.0. The van der Waals surface area contributed by atoms with Gasteiger partial charge in [-0.1, -0.05) is 44.6 Å². The minimum atomic E-state index is -0.971. The molecule has 234 valence electrons. The van der Waals surface area contributed by atoms with Crippen molar-refractivity contribution in [3.05, 3.63) is 58.5 Å². The first-order chi connectivity index (χ1) is 19.9. The number of Topliss-reactive ketones (excluding diaryl/α,β-unsaturated/α-hetero) is 1. The van der Waals surface area contributed by atoms with Crippen molar-refractivity contribution < 1.29 is 33.8 Å². The number of carbonyl (C=O) groups excluding carboxylic acids is 4. The number of amides is 2. The lowest BCUT2D eigenvalue weighted by Gasteiger charge is -2.24. The normalized spacial score (nSPS) is 26.1. The van der Waals surface area contributed by atoms with Crippen molar-refractivity contribution in [3.8, 4) is 0 Å². The highest BCUT2D eigenvalue weighted by atomic mass is 16.6. The summed E-state index contributed by atoms with van der Waals surface area (Å²) < 4.78 is 10.8. The van der Waals surface area contributed by atoms with E-state index in [0.717, 1.165) is 6.08 Å². The van der Waals surface area contributed by atoms with E-state index in [-0.39, 0.29) is 22.8 Å². The topological polar surface area (TPSA) is 160 Å². The zero-order chi connectivity index (χ0) is 31.8. The summed E-state index contributed by atoms with van der Waals surface area (Å²) in [6.45, 7) is 8.46. The number of ketones is 2. The van der Waals surface area contributed by atoms with Crippen molar-refractivity contribution in [3.63, 3.8) is 0 Å². The molecule has 2 bridgehead atoms. The number of primary amides is 1. The van der Waals surface area contributed by atoms with Crippen molar-refractivity contribution in [1.82, 2.24) is 15.5 Å². The van der Waals surface area contributed by atoms with Gasteiger partial charge >= 0.3 is 6.09 Å². The lowest BCUT2D eigenvalue weighted by atomic mass is 9.92. The van der Waals surface area contributed by atoms with Crippen LogP contribution in [0.5, 0.6) is 0 Å². The van der Waals surface area contributed by atoms with E-state index in [0.29, 0.717) is 56.3 Å². The highest BCUT2D eigenvalue weighted by molar-refractivity contribution is 6.23. The number of rotatable bonds is 6. The highest BCUT2D eigenvalue weighted by Gasteiger charge is 2.30. The first-order valence-electron chi connectivity index (χ1n) is 14.4. The molecule has 0 radical (unpaired) electrons. The number of nitrogens with one attached hydrogen (secondary N) is 2. The van der Waals surface area contributed by atoms with Crippen LogP contribution in [0.4, 0.5) is 4.79 Å². The van der Waals surface area contributed by atoms with Gasteiger partial charge in [0, 0.05) is 37.4 Å². The molecular formula is C31H48N4O7. The van der Waals surface area contributed by atoms with Gasteiger partial charge in [0.05, 0.1) is 17.5 Å². The Balaban J connectivity index is 0.00000431. The summed E-state index contributed by atoms with van der Waals surface area (Å²) in [4.78, 5) is 52.8. The van der Waals surface area contributed by atoms with Crippen LogP contribution in [0.1, 0.15) is 59.8 Å². The number of allylic oxidation sites excluding steroid dienone is 4. The average Bonchev–Trinajstić information content (AvgIpc) is 2.94. The van der Waals surface area contributed by atoms with Gasteiger partial charge in [-0.2, -0.15) is 0 Å². The van der Waals surface area contributed by atoms with Crippen LogP contribution in [0.25, 0.3) is 0 Å². The van der Waals surface area contributed by atoms with Crippen molar-refractivity contribution in [2.45, 2.75) is 78.1 Å².